The highest BCUT2D eigenvalue weighted by Gasteiger charge is 2.34. The second-order valence-electron chi connectivity index (χ2n) is 6.11. The minimum atomic E-state index is -0.479. The highest BCUT2D eigenvalue weighted by molar-refractivity contribution is 7.07. The number of urea groups is 1. The Kier molecular flexibility index (Phi) is 4.21. The van der Waals surface area contributed by atoms with Gasteiger partial charge in [0, 0.05) is 23.4 Å². The molecule has 0 aliphatic carbocycles. The fourth-order valence-electron chi connectivity index (χ4n) is 2.66. The van der Waals surface area contributed by atoms with Crippen LogP contribution in [0.5, 0.6) is 5.75 Å². The lowest BCUT2D eigenvalue weighted by atomic mass is 9.90. The molecule has 2 heterocycles. The van der Waals surface area contributed by atoms with Gasteiger partial charge in [-0.05, 0) is 19.9 Å². The topological polar surface area (TPSA) is 63.2 Å². The molecule has 0 saturated carbocycles. The van der Waals surface area contributed by atoms with Crippen LogP contribution >= 0.6 is 11.3 Å². The number of amides is 2. The fourth-order valence-corrected chi connectivity index (χ4v) is 3.22. The molecule has 1 aromatic carbocycles. The quantitative estimate of drug-likeness (QED) is 0.904. The molecule has 5 nitrogen and oxygen atoms in total. The molecule has 0 bridgehead atoms. The van der Waals surface area contributed by atoms with Gasteiger partial charge in [0.25, 0.3) is 0 Å². The number of carbonyl (C=O) groups is 1. The van der Waals surface area contributed by atoms with Crippen LogP contribution < -0.4 is 15.4 Å². The number of ether oxygens (including phenoxy) is 1. The Hall–Kier alpha value is -2.15. The zero-order valence-corrected chi connectivity index (χ0v) is 13.7. The first-order valence-electron chi connectivity index (χ1n) is 7.33. The van der Waals surface area contributed by atoms with Crippen LogP contribution in [0.2, 0.25) is 0 Å². The summed E-state index contributed by atoms with van der Waals surface area (Å²) < 4.78 is 19.2. The maximum Gasteiger partial charge on any atom is 0.315 e. The van der Waals surface area contributed by atoms with Gasteiger partial charge in [-0.15, -0.1) is 11.3 Å². The lowest BCUT2D eigenvalue weighted by Crippen LogP contribution is -2.44. The maximum atomic E-state index is 13.4. The van der Waals surface area contributed by atoms with E-state index < -0.39 is 5.60 Å². The molecule has 1 aromatic heterocycles. The summed E-state index contributed by atoms with van der Waals surface area (Å²) >= 11 is 1.48. The third-order valence-corrected chi connectivity index (χ3v) is 4.29. The molecule has 1 aliphatic rings. The average Bonchev–Trinajstić information content (AvgIpc) is 2.96. The monoisotopic (exact) mass is 335 g/mol. The van der Waals surface area contributed by atoms with Crippen LogP contribution in [0.4, 0.5) is 9.18 Å². The smallest absolute Gasteiger partial charge is 0.315 e. The second kappa shape index (κ2) is 6.16. The van der Waals surface area contributed by atoms with Gasteiger partial charge in [0.1, 0.15) is 17.2 Å². The number of hydrogen-bond acceptors (Lipinski definition) is 4. The first-order chi connectivity index (χ1) is 10.9. The van der Waals surface area contributed by atoms with Crippen molar-refractivity contribution in [1.82, 2.24) is 15.6 Å². The summed E-state index contributed by atoms with van der Waals surface area (Å²) in [4.78, 5) is 16.3. The summed E-state index contributed by atoms with van der Waals surface area (Å²) in [5, 5.41) is 7.60. The molecule has 1 atom stereocenters. The van der Waals surface area contributed by atoms with E-state index in [1.54, 1.807) is 11.6 Å². The molecule has 3 rings (SSSR count). The van der Waals surface area contributed by atoms with Crippen LogP contribution in [0.3, 0.4) is 0 Å². The van der Waals surface area contributed by atoms with Crippen LogP contribution in [0, 0.1) is 5.82 Å². The van der Waals surface area contributed by atoms with Crippen molar-refractivity contribution >= 4 is 17.4 Å². The van der Waals surface area contributed by atoms with E-state index in [4.69, 9.17) is 4.74 Å². The Bertz CT molecular complexity index is 703. The van der Waals surface area contributed by atoms with Gasteiger partial charge in [0.05, 0.1) is 23.8 Å². The van der Waals surface area contributed by atoms with Crippen LogP contribution in [0.15, 0.2) is 29.1 Å². The standard InChI is InChI=1S/C16H18FN3O2S/c1-16(2)6-13(12-4-3-10(17)5-14(12)22-16)20-15(21)18-7-11-8-23-9-19-11/h3-5,8-9,13H,6-7H2,1-2H3,(H2,18,20,21)/t13-/m1/s1. The summed E-state index contributed by atoms with van der Waals surface area (Å²) in [7, 11) is 0. The summed E-state index contributed by atoms with van der Waals surface area (Å²) in [5.41, 5.74) is 2.85. The van der Waals surface area contributed by atoms with E-state index in [2.05, 4.69) is 15.6 Å². The highest BCUT2D eigenvalue weighted by atomic mass is 32.1. The summed E-state index contributed by atoms with van der Waals surface area (Å²) in [6, 6.07) is 3.88. The first kappa shape index (κ1) is 15.7. The number of thiazole rings is 1. The maximum absolute atomic E-state index is 13.4. The SMILES string of the molecule is CC1(C)C[C@@H](NC(=O)NCc2cscn2)c2ccc(F)cc2O1. The van der Waals surface area contributed by atoms with Gasteiger partial charge in [-0.3, -0.25) is 0 Å². The van der Waals surface area contributed by atoms with Crippen molar-refractivity contribution in [2.24, 2.45) is 0 Å². The molecule has 2 amide bonds. The van der Waals surface area contributed by atoms with Gasteiger partial charge in [-0.25, -0.2) is 14.2 Å². The van der Waals surface area contributed by atoms with E-state index in [9.17, 15) is 9.18 Å². The van der Waals surface area contributed by atoms with E-state index >= 15 is 0 Å². The lowest BCUT2D eigenvalue weighted by Gasteiger charge is -2.37. The first-order valence-corrected chi connectivity index (χ1v) is 8.27. The van der Waals surface area contributed by atoms with E-state index in [0.29, 0.717) is 18.7 Å². The van der Waals surface area contributed by atoms with Gasteiger partial charge < -0.3 is 15.4 Å². The van der Waals surface area contributed by atoms with E-state index in [1.165, 1.54) is 23.5 Å². The number of nitrogens with zero attached hydrogens (tertiary/aromatic N) is 1. The molecule has 0 spiro atoms. The van der Waals surface area contributed by atoms with Crippen LogP contribution in [-0.2, 0) is 6.54 Å². The Morgan fingerprint density at radius 1 is 1.52 bits per heavy atom. The van der Waals surface area contributed by atoms with Gasteiger partial charge in [-0.1, -0.05) is 6.07 Å². The molecular formula is C16H18FN3O2S. The van der Waals surface area contributed by atoms with Crippen molar-refractivity contribution in [1.29, 1.82) is 0 Å². The van der Waals surface area contributed by atoms with Gasteiger partial charge in [-0.2, -0.15) is 0 Å². The molecule has 0 saturated heterocycles. The number of nitrogens with one attached hydrogen (secondary N) is 2. The van der Waals surface area contributed by atoms with Gasteiger partial charge in [0.2, 0.25) is 0 Å². The van der Waals surface area contributed by atoms with Crippen molar-refractivity contribution in [3.63, 3.8) is 0 Å². The number of carbonyl (C=O) groups excluding carboxylic acids is 1. The van der Waals surface area contributed by atoms with E-state index in [0.717, 1.165) is 11.3 Å². The molecule has 2 N–H and O–H groups in total. The molecular weight excluding hydrogens is 317 g/mol. The second-order valence-corrected chi connectivity index (χ2v) is 6.83. The minimum absolute atomic E-state index is 0.232. The number of aromatic nitrogens is 1. The zero-order valence-electron chi connectivity index (χ0n) is 12.9. The number of benzene rings is 1. The Balaban J connectivity index is 1.70. The van der Waals surface area contributed by atoms with Crippen molar-refractivity contribution < 1.29 is 13.9 Å². The summed E-state index contributed by atoms with van der Waals surface area (Å²) in [6.07, 6.45) is 0.607. The van der Waals surface area contributed by atoms with E-state index in [-0.39, 0.29) is 17.9 Å². The third-order valence-electron chi connectivity index (χ3n) is 3.65. The van der Waals surface area contributed by atoms with Crippen molar-refractivity contribution in [3.05, 3.63) is 46.2 Å². The number of halogens is 1. The van der Waals surface area contributed by atoms with Crippen molar-refractivity contribution in [2.45, 2.75) is 38.5 Å². The Morgan fingerprint density at radius 3 is 3.09 bits per heavy atom. The Labute approximate surface area is 137 Å². The zero-order chi connectivity index (χ0) is 16.4. The largest absolute Gasteiger partial charge is 0.487 e. The lowest BCUT2D eigenvalue weighted by molar-refractivity contribution is 0.0674. The van der Waals surface area contributed by atoms with Crippen LogP contribution in [0.1, 0.15) is 37.6 Å². The molecule has 2 aromatic rings. The molecule has 0 radical (unpaired) electrons. The number of hydrogen-bond donors (Lipinski definition) is 2. The number of fused-ring (bicyclic) bond motifs is 1. The van der Waals surface area contributed by atoms with Gasteiger partial charge >= 0.3 is 6.03 Å². The average molecular weight is 335 g/mol. The molecule has 7 heteroatoms. The Morgan fingerprint density at radius 2 is 2.35 bits per heavy atom. The normalized spacial score (nSPS) is 18.7. The summed E-state index contributed by atoms with van der Waals surface area (Å²) in [6.45, 7) is 4.21. The van der Waals surface area contributed by atoms with Crippen LogP contribution in [0.25, 0.3) is 0 Å². The minimum Gasteiger partial charge on any atom is -0.487 e. The molecule has 0 unspecified atom stereocenters. The number of rotatable bonds is 3. The van der Waals surface area contributed by atoms with Gasteiger partial charge in [0.15, 0.2) is 0 Å². The fraction of sp³-hybridized carbons (Fsp3) is 0.375. The predicted octanol–water partition coefficient (Wildman–Crippen LogP) is 3.38. The molecule has 122 valence electrons. The summed E-state index contributed by atoms with van der Waals surface area (Å²) in [5.74, 6) is 0.124. The predicted molar refractivity (Wildman–Crippen MR) is 86.0 cm³/mol. The highest BCUT2D eigenvalue weighted by Crippen LogP contribution is 2.39. The molecule has 0 fully saturated rings. The van der Waals surface area contributed by atoms with Crippen molar-refractivity contribution in [3.8, 4) is 5.75 Å². The molecule has 1 aliphatic heterocycles. The van der Waals surface area contributed by atoms with E-state index in [1.807, 2.05) is 19.2 Å². The van der Waals surface area contributed by atoms with Crippen LogP contribution in [-0.4, -0.2) is 16.6 Å². The molecule has 23 heavy (non-hydrogen) atoms. The van der Waals surface area contributed by atoms with Crippen molar-refractivity contribution in [2.75, 3.05) is 0 Å². The third kappa shape index (κ3) is 3.79.